The number of pyridine rings is 1. The molecule has 0 aliphatic carbocycles. The molecule has 0 saturated heterocycles. The average molecular weight is 518 g/mol. The van der Waals surface area contributed by atoms with E-state index in [2.05, 4.69) is 15.2 Å². The Kier molecular flexibility index (Phi) is 7.16. The lowest BCUT2D eigenvalue weighted by atomic mass is 10.1. The quantitative estimate of drug-likeness (QED) is 0.286. The number of para-hydroxylation sites is 1. The topological polar surface area (TPSA) is 72.3 Å². The fourth-order valence-electron chi connectivity index (χ4n) is 3.97. The van der Waals surface area contributed by atoms with Crippen molar-refractivity contribution in [3.8, 4) is 5.75 Å². The fraction of sp³-hybridized carbons (Fsp3) is 0.148. The van der Waals surface area contributed by atoms with Gasteiger partial charge in [0.25, 0.3) is 0 Å². The number of nitrogens with zero attached hydrogens (tertiary/aromatic N) is 4. The SMILES string of the molecule is COc1ccccc1C(=O)c1cc(NCc2ccc(Cl)s2)n(C2=CC=CN(Cc3ccccn3)C2)n1. The predicted molar refractivity (Wildman–Crippen MR) is 143 cm³/mol. The Morgan fingerprint density at radius 2 is 2.03 bits per heavy atom. The Hall–Kier alpha value is -3.88. The van der Waals surface area contributed by atoms with Gasteiger partial charge in [0.1, 0.15) is 17.3 Å². The van der Waals surface area contributed by atoms with E-state index in [1.165, 1.54) is 11.3 Å². The van der Waals surface area contributed by atoms with Crippen LogP contribution in [-0.2, 0) is 13.1 Å². The standard InChI is InChI=1S/C27H24ClN5O2S/c1-35-24-10-3-2-9-22(24)27(34)23-15-26(30-16-21-11-12-25(28)36-21)33(31-23)20-8-6-14-32(18-20)17-19-7-4-5-13-29-19/h2-15,30H,16-18H2,1H3. The highest BCUT2D eigenvalue weighted by atomic mass is 35.5. The number of methoxy groups -OCH3 is 1. The van der Waals surface area contributed by atoms with Crippen molar-refractivity contribution in [1.82, 2.24) is 19.7 Å². The van der Waals surface area contributed by atoms with Gasteiger partial charge in [-0.2, -0.15) is 5.10 Å². The Bertz CT molecular complexity index is 1430. The second-order valence-electron chi connectivity index (χ2n) is 8.14. The van der Waals surface area contributed by atoms with E-state index in [0.717, 1.165) is 26.4 Å². The van der Waals surface area contributed by atoms with E-state index in [1.54, 1.807) is 36.2 Å². The zero-order valence-electron chi connectivity index (χ0n) is 19.6. The molecular formula is C27H24ClN5O2S. The largest absolute Gasteiger partial charge is 0.496 e. The molecule has 0 saturated carbocycles. The van der Waals surface area contributed by atoms with E-state index in [9.17, 15) is 4.79 Å². The summed E-state index contributed by atoms with van der Waals surface area (Å²) in [4.78, 5) is 21.1. The number of carbonyl (C=O) groups excluding carboxylic acids is 1. The van der Waals surface area contributed by atoms with Crippen LogP contribution in [0.1, 0.15) is 26.6 Å². The van der Waals surface area contributed by atoms with Crippen LogP contribution in [0.4, 0.5) is 5.82 Å². The van der Waals surface area contributed by atoms with Gasteiger partial charge in [-0.25, -0.2) is 4.68 Å². The lowest BCUT2D eigenvalue weighted by molar-refractivity contribution is 0.103. The number of halogens is 1. The molecule has 0 radical (unpaired) electrons. The molecule has 1 N–H and O–H groups in total. The summed E-state index contributed by atoms with van der Waals surface area (Å²) in [7, 11) is 1.55. The molecule has 4 heterocycles. The minimum atomic E-state index is -0.203. The predicted octanol–water partition coefficient (Wildman–Crippen LogP) is 5.72. The molecule has 36 heavy (non-hydrogen) atoms. The minimum absolute atomic E-state index is 0.203. The lowest BCUT2D eigenvalue weighted by Gasteiger charge is -2.25. The summed E-state index contributed by atoms with van der Waals surface area (Å²) in [6, 6.07) is 18.7. The molecule has 1 aliphatic rings. The highest BCUT2D eigenvalue weighted by Gasteiger charge is 2.22. The third-order valence-electron chi connectivity index (χ3n) is 5.68. The van der Waals surface area contributed by atoms with Gasteiger partial charge in [0.15, 0.2) is 0 Å². The molecule has 0 bridgehead atoms. The van der Waals surface area contributed by atoms with Gasteiger partial charge in [0.2, 0.25) is 5.78 Å². The van der Waals surface area contributed by atoms with E-state index in [0.29, 0.717) is 36.6 Å². The van der Waals surface area contributed by atoms with Crippen molar-refractivity contribution in [2.45, 2.75) is 13.1 Å². The van der Waals surface area contributed by atoms with Crippen LogP contribution >= 0.6 is 22.9 Å². The average Bonchev–Trinajstić information content (AvgIpc) is 3.54. The maximum absolute atomic E-state index is 13.4. The van der Waals surface area contributed by atoms with Crippen molar-refractivity contribution in [2.75, 3.05) is 19.0 Å². The summed E-state index contributed by atoms with van der Waals surface area (Å²) in [5.41, 5.74) is 2.71. The molecule has 0 amide bonds. The number of ketones is 1. The van der Waals surface area contributed by atoms with Crippen molar-refractivity contribution in [3.63, 3.8) is 0 Å². The van der Waals surface area contributed by atoms with Crippen molar-refractivity contribution >= 4 is 40.2 Å². The Morgan fingerprint density at radius 1 is 1.17 bits per heavy atom. The summed E-state index contributed by atoms with van der Waals surface area (Å²) in [5.74, 6) is 1.03. The van der Waals surface area contributed by atoms with Gasteiger partial charge >= 0.3 is 0 Å². The minimum Gasteiger partial charge on any atom is -0.496 e. The van der Waals surface area contributed by atoms with E-state index in [4.69, 9.17) is 21.4 Å². The first kappa shape index (κ1) is 23.8. The molecule has 3 aromatic heterocycles. The summed E-state index contributed by atoms with van der Waals surface area (Å²) >= 11 is 7.62. The van der Waals surface area contributed by atoms with Crippen LogP contribution in [-0.4, -0.2) is 39.1 Å². The van der Waals surface area contributed by atoms with Crippen LogP contribution in [0, 0.1) is 0 Å². The van der Waals surface area contributed by atoms with Gasteiger partial charge < -0.3 is 15.0 Å². The maximum Gasteiger partial charge on any atom is 0.217 e. The molecule has 0 fully saturated rings. The van der Waals surface area contributed by atoms with Crippen molar-refractivity contribution in [2.24, 2.45) is 0 Å². The number of hydrogen-bond donors (Lipinski definition) is 1. The first-order valence-electron chi connectivity index (χ1n) is 11.4. The van der Waals surface area contributed by atoms with Crippen molar-refractivity contribution in [1.29, 1.82) is 0 Å². The first-order chi connectivity index (χ1) is 17.6. The molecule has 9 heteroatoms. The van der Waals surface area contributed by atoms with Crippen LogP contribution < -0.4 is 10.1 Å². The number of anilines is 1. The highest BCUT2D eigenvalue weighted by Crippen LogP contribution is 2.27. The molecule has 0 atom stereocenters. The van der Waals surface area contributed by atoms with Gasteiger partial charge in [-0.1, -0.05) is 29.8 Å². The first-order valence-corrected chi connectivity index (χ1v) is 12.6. The van der Waals surface area contributed by atoms with Gasteiger partial charge in [0, 0.05) is 17.1 Å². The summed E-state index contributed by atoms with van der Waals surface area (Å²) in [6.07, 6.45) is 7.81. The number of thiophene rings is 1. The van der Waals surface area contributed by atoms with Crippen LogP contribution in [0.15, 0.2) is 85.2 Å². The summed E-state index contributed by atoms with van der Waals surface area (Å²) in [5, 5.41) is 8.16. The Morgan fingerprint density at radius 3 is 2.81 bits per heavy atom. The van der Waals surface area contributed by atoms with Gasteiger partial charge in [0.05, 0.1) is 48.0 Å². The number of rotatable bonds is 9. The number of aromatic nitrogens is 3. The second kappa shape index (κ2) is 10.8. The molecule has 1 aromatic carbocycles. The highest BCUT2D eigenvalue weighted by molar-refractivity contribution is 7.16. The van der Waals surface area contributed by atoms with E-state index in [1.807, 2.05) is 60.8 Å². The monoisotopic (exact) mass is 517 g/mol. The fourth-order valence-corrected chi connectivity index (χ4v) is 4.99. The lowest BCUT2D eigenvalue weighted by Crippen LogP contribution is -2.25. The third-order valence-corrected chi connectivity index (χ3v) is 6.91. The zero-order valence-corrected chi connectivity index (χ0v) is 21.2. The smallest absolute Gasteiger partial charge is 0.217 e. The number of benzene rings is 1. The molecule has 182 valence electrons. The molecule has 7 nitrogen and oxygen atoms in total. The molecule has 1 aliphatic heterocycles. The van der Waals surface area contributed by atoms with Crippen molar-refractivity contribution in [3.05, 3.63) is 111 Å². The summed E-state index contributed by atoms with van der Waals surface area (Å²) < 4.78 is 7.94. The number of ether oxygens (including phenoxy) is 1. The Labute approximate surface area is 218 Å². The molecular weight excluding hydrogens is 494 g/mol. The molecule has 0 spiro atoms. The zero-order chi connectivity index (χ0) is 24.9. The van der Waals surface area contributed by atoms with Crippen LogP contribution in [0.25, 0.3) is 5.70 Å². The van der Waals surface area contributed by atoms with Crippen LogP contribution in [0.5, 0.6) is 5.75 Å². The molecule has 0 unspecified atom stereocenters. The van der Waals surface area contributed by atoms with E-state index < -0.39 is 0 Å². The van der Waals surface area contributed by atoms with E-state index in [-0.39, 0.29) is 5.78 Å². The molecule has 5 rings (SSSR count). The number of allylic oxidation sites excluding steroid dienone is 2. The van der Waals surface area contributed by atoms with Crippen molar-refractivity contribution < 1.29 is 9.53 Å². The molecule has 4 aromatic rings. The normalized spacial score (nSPS) is 12.9. The summed E-state index contributed by atoms with van der Waals surface area (Å²) in [6.45, 7) is 1.84. The van der Waals surface area contributed by atoms with Crippen LogP contribution in [0.2, 0.25) is 4.34 Å². The second-order valence-corrected chi connectivity index (χ2v) is 9.94. The van der Waals surface area contributed by atoms with Crippen LogP contribution in [0.3, 0.4) is 0 Å². The maximum atomic E-state index is 13.4. The Balaban J connectivity index is 1.44. The number of nitrogens with one attached hydrogen (secondary N) is 1. The number of hydrogen-bond acceptors (Lipinski definition) is 7. The van der Waals surface area contributed by atoms with Gasteiger partial charge in [-0.15, -0.1) is 11.3 Å². The number of carbonyl (C=O) groups is 1. The van der Waals surface area contributed by atoms with E-state index >= 15 is 0 Å². The van der Waals surface area contributed by atoms with Gasteiger partial charge in [-0.3, -0.25) is 9.78 Å². The third kappa shape index (κ3) is 5.35. The van der Waals surface area contributed by atoms with Gasteiger partial charge in [-0.05, 0) is 54.8 Å².